The number of hydrogen-bond donors (Lipinski definition) is 0. The van der Waals surface area contributed by atoms with Crippen LogP contribution in [-0.2, 0) is 5.41 Å². The zero-order valence-electron chi connectivity index (χ0n) is 26.6. The summed E-state index contributed by atoms with van der Waals surface area (Å²) in [6, 6.07) is 65.3. The van der Waals surface area contributed by atoms with Crippen LogP contribution in [-0.4, -0.2) is 4.57 Å². The summed E-state index contributed by atoms with van der Waals surface area (Å²) in [4.78, 5) is 2.67. The highest BCUT2D eigenvalue weighted by molar-refractivity contribution is 7.99. The van der Waals surface area contributed by atoms with Gasteiger partial charge in [-0.2, -0.15) is 0 Å². The number of aromatic nitrogens is 1. The van der Waals surface area contributed by atoms with Gasteiger partial charge in [0.25, 0.3) is 0 Å². The Balaban J connectivity index is 1.27. The number of nitrogens with zero attached hydrogens (tertiary/aromatic N) is 1. The van der Waals surface area contributed by atoms with E-state index in [1.807, 2.05) is 11.8 Å². The summed E-state index contributed by atoms with van der Waals surface area (Å²) in [5.74, 6) is 0. The van der Waals surface area contributed by atoms with Gasteiger partial charge in [0, 0.05) is 31.6 Å². The molecule has 0 radical (unpaired) electrons. The van der Waals surface area contributed by atoms with Gasteiger partial charge in [-0.05, 0) is 74.2 Å². The van der Waals surface area contributed by atoms with Gasteiger partial charge in [0.2, 0.25) is 0 Å². The Morgan fingerprint density at radius 3 is 1.84 bits per heavy atom. The molecule has 1 aliphatic heterocycles. The van der Waals surface area contributed by atoms with E-state index in [0.717, 1.165) is 0 Å². The Morgan fingerprint density at radius 2 is 1.06 bits per heavy atom. The fraction of sp³-hybridized carbons (Fsp3) is 0.0213. The first kappa shape index (κ1) is 27.2. The van der Waals surface area contributed by atoms with Crippen molar-refractivity contribution in [3.8, 4) is 27.9 Å². The Labute approximate surface area is 289 Å². The van der Waals surface area contributed by atoms with Crippen LogP contribution in [0.2, 0.25) is 0 Å². The summed E-state index contributed by atoms with van der Waals surface area (Å²) < 4.78 is 2.51. The molecule has 0 bridgehead atoms. The highest BCUT2D eigenvalue weighted by Gasteiger charge is 2.50. The molecule has 0 saturated heterocycles. The van der Waals surface area contributed by atoms with Crippen molar-refractivity contribution < 1.29 is 0 Å². The monoisotopic (exact) mass is 639 g/mol. The summed E-state index contributed by atoms with van der Waals surface area (Å²) in [5, 5.41) is 5.14. The molecule has 49 heavy (non-hydrogen) atoms. The smallest absolute Gasteiger partial charge is 0.0735 e. The van der Waals surface area contributed by atoms with E-state index in [0.29, 0.717) is 0 Å². The second kappa shape index (κ2) is 10.1. The molecule has 1 aromatic heterocycles. The minimum Gasteiger partial charge on any atom is -0.309 e. The summed E-state index contributed by atoms with van der Waals surface area (Å²) in [6.45, 7) is 0. The van der Waals surface area contributed by atoms with E-state index in [1.165, 1.54) is 92.6 Å². The summed E-state index contributed by atoms with van der Waals surface area (Å²) >= 11 is 1.94. The van der Waals surface area contributed by atoms with E-state index in [9.17, 15) is 0 Å². The Bertz CT molecular complexity index is 2740. The van der Waals surface area contributed by atoms with Crippen LogP contribution in [0, 0.1) is 0 Å². The molecular weight excluding hydrogens is 611 g/mol. The van der Waals surface area contributed by atoms with Gasteiger partial charge in [-0.15, -0.1) is 0 Å². The number of benzene rings is 8. The Morgan fingerprint density at radius 1 is 0.429 bits per heavy atom. The van der Waals surface area contributed by atoms with Crippen molar-refractivity contribution in [2.75, 3.05) is 0 Å². The first-order valence-electron chi connectivity index (χ1n) is 16.9. The molecule has 0 saturated carbocycles. The van der Waals surface area contributed by atoms with E-state index < -0.39 is 5.41 Å². The molecule has 0 atom stereocenters. The normalized spacial score (nSPS) is 13.8. The van der Waals surface area contributed by atoms with Crippen LogP contribution in [0.15, 0.2) is 186 Å². The van der Waals surface area contributed by atoms with Crippen LogP contribution in [0.5, 0.6) is 0 Å². The van der Waals surface area contributed by atoms with Crippen molar-refractivity contribution in [2.24, 2.45) is 0 Å². The molecule has 2 heteroatoms. The van der Waals surface area contributed by atoms with Crippen molar-refractivity contribution in [3.05, 3.63) is 198 Å². The zero-order valence-corrected chi connectivity index (χ0v) is 27.4. The third-order valence-electron chi connectivity index (χ3n) is 10.9. The lowest BCUT2D eigenvalue weighted by atomic mass is 9.67. The van der Waals surface area contributed by atoms with Gasteiger partial charge >= 0.3 is 0 Å². The maximum Gasteiger partial charge on any atom is 0.0735 e. The molecule has 0 unspecified atom stereocenters. The third kappa shape index (κ3) is 3.56. The maximum atomic E-state index is 2.51. The van der Waals surface area contributed by atoms with Crippen molar-refractivity contribution >= 4 is 44.3 Å². The molecule has 9 aromatic rings. The second-order valence-corrected chi connectivity index (χ2v) is 14.3. The fourth-order valence-electron chi connectivity index (χ4n) is 8.88. The van der Waals surface area contributed by atoms with Gasteiger partial charge in [0.1, 0.15) is 0 Å². The van der Waals surface area contributed by atoms with Crippen molar-refractivity contribution in [3.63, 3.8) is 0 Å². The van der Waals surface area contributed by atoms with Gasteiger partial charge in [-0.25, -0.2) is 0 Å². The van der Waals surface area contributed by atoms with Crippen LogP contribution in [0.4, 0.5) is 0 Å². The SMILES string of the molecule is c1ccc(-c2ccc(-n3c4ccc5c(c4c4ccc6ccccc6c43)Sc3ccccc3C53c4ccccc4-c4ccccc43)cc2)cc1. The molecular formula is C47H29NS. The van der Waals surface area contributed by atoms with E-state index in [2.05, 4.69) is 180 Å². The average Bonchev–Trinajstić information content (AvgIpc) is 3.67. The van der Waals surface area contributed by atoms with Crippen molar-refractivity contribution in [1.29, 1.82) is 0 Å². The predicted octanol–water partition coefficient (Wildman–Crippen LogP) is 12.4. The van der Waals surface area contributed by atoms with Gasteiger partial charge in [0.05, 0.1) is 16.4 Å². The minimum atomic E-state index is -0.402. The van der Waals surface area contributed by atoms with Crippen LogP contribution >= 0.6 is 11.8 Å². The summed E-state index contributed by atoms with van der Waals surface area (Å²) in [5.41, 5.74) is 13.9. The fourth-order valence-corrected chi connectivity index (χ4v) is 10.2. The van der Waals surface area contributed by atoms with E-state index in [1.54, 1.807) is 0 Å². The average molecular weight is 640 g/mol. The van der Waals surface area contributed by atoms with Crippen LogP contribution in [0.25, 0.3) is 60.5 Å². The topological polar surface area (TPSA) is 4.93 Å². The van der Waals surface area contributed by atoms with Crippen LogP contribution < -0.4 is 0 Å². The lowest BCUT2D eigenvalue weighted by molar-refractivity contribution is 0.726. The van der Waals surface area contributed by atoms with E-state index in [4.69, 9.17) is 0 Å². The van der Waals surface area contributed by atoms with Crippen molar-refractivity contribution in [2.45, 2.75) is 15.2 Å². The van der Waals surface area contributed by atoms with Gasteiger partial charge < -0.3 is 4.57 Å². The number of fused-ring (bicyclic) bond motifs is 15. The molecule has 0 N–H and O–H groups in total. The maximum absolute atomic E-state index is 2.51. The molecule has 2 aliphatic rings. The summed E-state index contributed by atoms with van der Waals surface area (Å²) in [7, 11) is 0. The van der Waals surface area contributed by atoms with Gasteiger partial charge in [-0.3, -0.25) is 0 Å². The molecule has 1 aliphatic carbocycles. The molecule has 11 rings (SSSR count). The van der Waals surface area contributed by atoms with Crippen molar-refractivity contribution in [1.82, 2.24) is 4.57 Å². The standard InChI is InChI=1S/C47H29NS/c1-2-12-30(13-3-1)31-22-25-33(26-23-31)48-42-29-28-41-46(44(42)37-27-24-32-14-4-5-15-34(32)45(37)48)49-43-21-11-10-20-40(43)47(41)38-18-8-6-16-35(38)36-17-7-9-19-39(36)47/h1-29H. The van der Waals surface area contributed by atoms with Crippen LogP contribution in [0.3, 0.4) is 0 Å². The van der Waals surface area contributed by atoms with Crippen LogP contribution in [0.1, 0.15) is 22.3 Å². The molecule has 0 amide bonds. The van der Waals surface area contributed by atoms with Gasteiger partial charge in [0.15, 0.2) is 0 Å². The summed E-state index contributed by atoms with van der Waals surface area (Å²) in [6.07, 6.45) is 0. The quantitative estimate of drug-likeness (QED) is 0.182. The van der Waals surface area contributed by atoms with E-state index in [-0.39, 0.29) is 0 Å². The zero-order chi connectivity index (χ0) is 32.1. The largest absolute Gasteiger partial charge is 0.309 e. The predicted molar refractivity (Wildman–Crippen MR) is 205 cm³/mol. The highest BCUT2D eigenvalue weighted by Crippen LogP contribution is 2.63. The number of rotatable bonds is 2. The molecule has 1 nitrogen and oxygen atoms in total. The minimum absolute atomic E-state index is 0.402. The first-order valence-corrected chi connectivity index (χ1v) is 17.8. The highest BCUT2D eigenvalue weighted by atomic mass is 32.2. The molecule has 228 valence electrons. The first-order chi connectivity index (χ1) is 24.3. The van der Waals surface area contributed by atoms with E-state index >= 15 is 0 Å². The molecule has 0 fully saturated rings. The number of hydrogen-bond acceptors (Lipinski definition) is 1. The molecule has 8 aromatic carbocycles. The third-order valence-corrected chi connectivity index (χ3v) is 12.1. The molecule has 1 spiro atoms. The second-order valence-electron chi connectivity index (χ2n) is 13.2. The molecule has 2 heterocycles. The Hall–Kier alpha value is -5.83. The van der Waals surface area contributed by atoms with Gasteiger partial charge in [-0.1, -0.05) is 163 Å². The Kier molecular flexibility index (Phi) is 5.59. The lowest BCUT2D eigenvalue weighted by Gasteiger charge is -2.40. The lowest BCUT2D eigenvalue weighted by Crippen LogP contribution is -2.32.